The predicted molar refractivity (Wildman–Crippen MR) is 52.9 cm³/mol. The van der Waals surface area contributed by atoms with Gasteiger partial charge in [-0.05, 0) is 18.1 Å². The minimum Gasteiger partial charge on any atom is -0.479 e. The zero-order chi connectivity index (χ0) is 10.3. The van der Waals surface area contributed by atoms with Gasteiger partial charge in [0.05, 0.1) is 0 Å². The Morgan fingerprint density at radius 2 is 2.29 bits per heavy atom. The van der Waals surface area contributed by atoms with Crippen molar-refractivity contribution in [1.29, 1.82) is 0 Å². The molecule has 0 fully saturated rings. The first-order valence-electron chi connectivity index (χ1n) is 4.26. The third kappa shape index (κ3) is 1.17. The third-order valence-corrected chi connectivity index (χ3v) is 3.23. The first-order valence-corrected chi connectivity index (χ1v) is 5.05. The molecule has 74 valence electrons. The quantitative estimate of drug-likeness (QED) is 0.841. The maximum atomic E-state index is 14.1. The SMILES string of the molecule is O=C(O)C1(F)CCc2cccc(Br)c21. The summed E-state index contributed by atoms with van der Waals surface area (Å²) >= 11 is 3.19. The lowest BCUT2D eigenvalue weighted by Gasteiger charge is -2.16. The van der Waals surface area contributed by atoms with E-state index in [1.807, 2.05) is 0 Å². The van der Waals surface area contributed by atoms with Crippen molar-refractivity contribution in [3.05, 3.63) is 33.8 Å². The Morgan fingerprint density at radius 3 is 2.93 bits per heavy atom. The van der Waals surface area contributed by atoms with Crippen molar-refractivity contribution < 1.29 is 14.3 Å². The normalized spacial score (nSPS) is 24.7. The van der Waals surface area contributed by atoms with Crippen LogP contribution in [0.4, 0.5) is 4.39 Å². The highest BCUT2D eigenvalue weighted by atomic mass is 79.9. The lowest BCUT2D eigenvalue weighted by molar-refractivity contribution is -0.151. The maximum absolute atomic E-state index is 14.1. The third-order valence-electron chi connectivity index (χ3n) is 2.57. The van der Waals surface area contributed by atoms with E-state index in [1.165, 1.54) is 0 Å². The second-order valence-electron chi connectivity index (χ2n) is 3.38. The molecule has 0 aromatic heterocycles. The summed E-state index contributed by atoms with van der Waals surface area (Å²) in [5.74, 6) is -1.40. The van der Waals surface area contributed by atoms with Gasteiger partial charge in [-0.2, -0.15) is 0 Å². The monoisotopic (exact) mass is 258 g/mol. The smallest absolute Gasteiger partial charge is 0.346 e. The molecule has 1 aromatic rings. The molecule has 1 aliphatic rings. The van der Waals surface area contributed by atoms with Gasteiger partial charge in [0, 0.05) is 16.5 Å². The van der Waals surface area contributed by atoms with Gasteiger partial charge in [0.15, 0.2) is 0 Å². The number of benzene rings is 1. The fourth-order valence-electron chi connectivity index (χ4n) is 1.87. The average molecular weight is 259 g/mol. The molecule has 1 N–H and O–H groups in total. The van der Waals surface area contributed by atoms with E-state index in [2.05, 4.69) is 15.9 Å². The van der Waals surface area contributed by atoms with Crippen LogP contribution in [-0.4, -0.2) is 11.1 Å². The highest BCUT2D eigenvalue weighted by Crippen LogP contribution is 2.44. The first kappa shape index (κ1) is 9.65. The number of carboxylic acids is 1. The van der Waals surface area contributed by atoms with Crippen LogP contribution >= 0.6 is 15.9 Å². The van der Waals surface area contributed by atoms with E-state index in [-0.39, 0.29) is 12.0 Å². The molecule has 0 amide bonds. The fraction of sp³-hybridized carbons (Fsp3) is 0.300. The van der Waals surface area contributed by atoms with E-state index in [1.54, 1.807) is 18.2 Å². The molecule has 1 aliphatic carbocycles. The standard InChI is InChI=1S/C10H8BrFO2/c11-7-3-1-2-6-4-5-10(12,8(6)7)9(13)14/h1-3H,4-5H2,(H,13,14). The molecule has 1 unspecified atom stereocenters. The number of aliphatic carboxylic acids is 1. The Hall–Kier alpha value is -0.900. The van der Waals surface area contributed by atoms with Crippen LogP contribution in [0.5, 0.6) is 0 Å². The highest BCUT2D eigenvalue weighted by Gasteiger charge is 2.47. The summed E-state index contributed by atoms with van der Waals surface area (Å²) in [4.78, 5) is 10.8. The number of carboxylic acid groups (broad SMARTS) is 1. The Morgan fingerprint density at radius 1 is 1.57 bits per heavy atom. The van der Waals surface area contributed by atoms with E-state index in [0.717, 1.165) is 5.56 Å². The summed E-state index contributed by atoms with van der Waals surface area (Å²) in [5, 5.41) is 8.85. The summed E-state index contributed by atoms with van der Waals surface area (Å²) in [7, 11) is 0. The molecular formula is C10H8BrFO2. The van der Waals surface area contributed by atoms with Gasteiger partial charge in [-0.15, -0.1) is 0 Å². The van der Waals surface area contributed by atoms with Crippen LogP contribution in [0.3, 0.4) is 0 Å². The van der Waals surface area contributed by atoms with Crippen molar-refractivity contribution in [2.24, 2.45) is 0 Å². The number of aryl methyl sites for hydroxylation is 1. The highest BCUT2D eigenvalue weighted by molar-refractivity contribution is 9.10. The Kier molecular flexibility index (Phi) is 2.10. The number of hydrogen-bond acceptors (Lipinski definition) is 1. The van der Waals surface area contributed by atoms with Crippen molar-refractivity contribution in [3.63, 3.8) is 0 Å². The van der Waals surface area contributed by atoms with Gasteiger partial charge in [0.25, 0.3) is 0 Å². The van der Waals surface area contributed by atoms with Crippen molar-refractivity contribution in [3.8, 4) is 0 Å². The van der Waals surface area contributed by atoms with Gasteiger partial charge < -0.3 is 5.11 Å². The first-order chi connectivity index (χ1) is 6.55. The second kappa shape index (κ2) is 3.05. The zero-order valence-electron chi connectivity index (χ0n) is 7.26. The van der Waals surface area contributed by atoms with E-state index in [4.69, 9.17) is 5.11 Å². The molecule has 1 aromatic carbocycles. The fourth-order valence-corrected chi connectivity index (χ4v) is 2.59. The number of fused-ring (bicyclic) bond motifs is 1. The molecule has 2 nitrogen and oxygen atoms in total. The summed E-state index contributed by atoms with van der Waals surface area (Å²) in [6, 6.07) is 5.22. The van der Waals surface area contributed by atoms with E-state index in [0.29, 0.717) is 10.9 Å². The topological polar surface area (TPSA) is 37.3 Å². The van der Waals surface area contributed by atoms with Crippen molar-refractivity contribution in [2.75, 3.05) is 0 Å². The summed E-state index contributed by atoms with van der Waals surface area (Å²) in [5.41, 5.74) is -1.15. The van der Waals surface area contributed by atoms with E-state index in [9.17, 15) is 9.18 Å². The lowest BCUT2D eigenvalue weighted by Crippen LogP contribution is -2.28. The average Bonchev–Trinajstić information content (AvgIpc) is 2.47. The molecule has 0 aliphatic heterocycles. The zero-order valence-corrected chi connectivity index (χ0v) is 8.84. The van der Waals surface area contributed by atoms with Gasteiger partial charge in [0.2, 0.25) is 5.67 Å². The molecule has 0 spiro atoms. The molecule has 2 rings (SSSR count). The Labute approximate surface area is 88.9 Å². The van der Waals surface area contributed by atoms with E-state index < -0.39 is 11.6 Å². The van der Waals surface area contributed by atoms with Crippen molar-refractivity contribution >= 4 is 21.9 Å². The van der Waals surface area contributed by atoms with Crippen LogP contribution < -0.4 is 0 Å². The van der Waals surface area contributed by atoms with Gasteiger partial charge in [-0.25, -0.2) is 9.18 Å². The van der Waals surface area contributed by atoms with Gasteiger partial charge in [-0.1, -0.05) is 28.1 Å². The second-order valence-corrected chi connectivity index (χ2v) is 4.23. The molecule has 0 heterocycles. The Bertz CT molecular complexity index is 405. The molecule has 0 saturated carbocycles. The van der Waals surface area contributed by atoms with Gasteiger partial charge >= 0.3 is 5.97 Å². The van der Waals surface area contributed by atoms with E-state index >= 15 is 0 Å². The predicted octanol–water partition coefficient (Wildman–Crippen LogP) is 2.64. The van der Waals surface area contributed by atoms with Crippen LogP contribution in [0, 0.1) is 0 Å². The summed E-state index contributed by atoms with van der Waals surface area (Å²) in [6.45, 7) is 0. The minimum atomic E-state index is -2.21. The molecule has 0 bridgehead atoms. The Balaban J connectivity index is 2.64. The summed E-state index contributed by atoms with van der Waals surface area (Å²) < 4.78 is 14.6. The van der Waals surface area contributed by atoms with Crippen LogP contribution in [0.25, 0.3) is 0 Å². The van der Waals surface area contributed by atoms with Crippen LogP contribution in [0.1, 0.15) is 17.5 Å². The van der Waals surface area contributed by atoms with Crippen LogP contribution in [-0.2, 0) is 16.9 Å². The van der Waals surface area contributed by atoms with Gasteiger partial charge in [0.1, 0.15) is 0 Å². The number of carbonyl (C=O) groups is 1. The molecular weight excluding hydrogens is 251 g/mol. The minimum absolute atomic E-state index is 0.0281. The number of alkyl halides is 1. The molecule has 0 saturated heterocycles. The number of rotatable bonds is 1. The number of hydrogen-bond donors (Lipinski definition) is 1. The number of halogens is 2. The van der Waals surface area contributed by atoms with Crippen LogP contribution in [0.15, 0.2) is 22.7 Å². The van der Waals surface area contributed by atoms with Crippen molar-refractivity contribution in [2.45, 2.75) is 18.5 Å². The molecule has 14 heavy (non-hydrogen) atoms. The van der Waals surface area contributed by atoms with Crippen LogP contribution in [0.2, 0.25) is 0 Å². The van der Waals surface area contributed by atoms with Gasteiger partial charge in [-0.3, -0.25) is 0 Å². The maximum Gasteiger partial charge on any atom is 0.346 e. The lowest BCUT2D eigenvalue weighted by atomic mass is 9.98. The molecule has 1 atom stereocenters. The summed E-state index contributed by atoms with van der Waals surface area (Å²) in [6.07, 6.45) is 0.512. The van der Waals surface area contributed by atoms with Crippen molar-refractivity contribution in [1.82, 2.24) is 0 Å². The molecule has 4 heteroatoms. The largest absolute Gasteiger partial charge is 0.479 e. The molecule has 0 radical (unpaired) electrons.